The first-order chi connectivity index (χ1) is 8.04. The molecule has 108 valence electrons. The SMILES string of the molecule is CC(C)(C)[Si](C)(C)OCCN1CCS(=O)(=O)CC1. The van der Waals surface area contributed by atoms with Crippen LogP contribution in [0.3, 0.4) is 0 Å². The normalized spacial score (nSPS) is 22.1. The summed E-state index contributed by atoms with van der Waals surface area (Å²) < 4.78 is 28.7. The highest BCUT2D eigenvalue weighted by Gasteiger charge is 2.37. The Hall–Kier alpha value is 0.0869. The molecule has 6 heteroatoms. The Bertz CT molecular complexity index is 359. The van der Waals surface area contributed by atoms with Crippen LogP contribution in [0.1, 0.15) is 20.8 Å². The van der Waals surface area contributed by atoms with Crippen molar-refractivity contribution in [1.29, 1.82) is 0 Å². The van der Waals surface area contributed by atoms with E-state index in [0.717, 1.165) is 13.2 Å². The maximum atomic E-state index is 11.3. The van der Waals surface area contributed by atoms with E-state index in [1.165, 1.54) is 0 Å². The fourth-order valence-corrected chi connectivity index (χ4v) is 3.93. The molecule has 0 saturated carbocycles. The Morgan fingerprint density at radius 2 is 1.67 bits per heavy atom. The molecule has 18 heavy (non-hydrogen) atoms. The standard InChI is InChI=1S/C12H27NO3SSi/c1-12(2,3)18(4,5)16-9-6-13-7-10-17(14,15)11-8-13/h6-11H2,1-5H3. The molecule has 0 radical (unpaired) electrons. The summed E-state index contributed by atoms with van der Waals surface area (Å²) in [5.74, 6) is 0.597. The van der Waals surface area contributed by atoms with E-state index in [0.29, 0.717) is 24.6 Å². The molecule has 1 aliphatic rings. The fourth-order valence-electron chi connectivity index (χ4n) is 1.62. The van der Waals surface area contributed by atoms with Crippen LogP contribution in [0.5, 0.6) is 0 Å². The van der Waals surface area contributed by atoms with Crippen LogP contribution in [0.4, 0.5) is 0 Å². The molecule has 0 unspecified atom stereocenters. The van der Waals surface area contributed by atoms with Crippen LogP contribution >= 0.6 is 0 Å². The van der Waals surface area contributed by atoms with Crippen molar-refractivity contribution in [3.05, 3.63) is 0 Å². The lowest BCUT2D eigenvalue weighted by Crippen LogP contribution is -2.45. The van der Waals surface area contributed by atoms with Gasteiger partial charge in [-0.05, 0) is 18.1 Å². The Morgan fingerprint density at radius 3 is 2.11 bits per heavy atom. The molecule has 0 N–H and O–H groups in total. The molecular formula is C12H27NO3SSi. The molecule has 0 amide bonds. The second kappa shape index (κ2) is 5.61. The van der Waals surface area contributed by atoms with E-state index in [2.05, 4.69) is 38.8 Å². The van der Waals surface area contributed by atoms with Crippen LogP contribution in [0.2, 0.25) is 18.1 Å². The van der Waals surface area contributed by atoms with E-state index in [4.69, 9.17) is 4.43 Å². The molecule has 0 aromatic rings. The average Bonchev–Trinajstić information content (AvgIpc) is 2.18. The summed E-state index contributed by atoms with van der Waals surface area (Å²) in [4.78, 5) is 2.19. The van der Waals surface area contributed by atoms with Gasteiger partial charge in [0, 0.05) is 26.2 Å². The van der Waals surface area contributed by atoms with Crippen molar-refractivity contribution in [3.63, 3.8) is 0 Å². The molecular weight excluding hydrogens is 266 g/mol. The first kappa shape index (κ1) is 16.1. The largest absolute Gasteiger partial charge is 0.416 e. The molecule has 0 spiro atoms. The molecule has 0 bridgehead atoms. The maximum absolute atomic E-state index is 11.3. The minimum absolute atomic E-state index is 0.234. The molecule has 0 aromatic heterocycles. The summed E-state index contributed by atoms with van der Waals surface area (Å²) in [6, 6.07) is 0. The van der Waals surface area contributed by atoms with Gasteiger partial charge in [0.2, 0.25) is 0 Å². The summed E-state index contributed by atoms with van der Waals surface area (Å²) in [6.45, 7) is 14.1. The average molecular weight is 294 g/mol. The highest BCUT2D eigenvalue weighted by atomic mass is 32.2. The highest BCUT2D eigenvalue weighted by molar-refractivity contribution is 7.91. The van der Waals surface area contributed by atoms with Crippen LogP contribution < -0.4 is 0 Å². The molecule has 1 fully saturated rings. The van der Waals surface area contributed by atoms with Gasteiger partial charge in [0.05, 0.1) is 11.5 Å². The van der Waals surface area contributed by atoms with Gasteiger partial charge in [0.25, 0.3) is 0 Å². The van der Waals surface area contributed by atoms with Gasteiger partial charge in [-0.1, -0.05) is 20.8 Å². The second-order valence-electron chi connectivity index (χ2n) is 6.60. The Kier molecular flexibility index (Phi) is 5.03. The summed E-state index contributed by atoms with van der Waals surface area (Å²) in [7, 11) is -4.43. The van der Waals surface area contributed by atoms with Crippen LogP contribution in [0.25, 0.3) is 0 Å². The van der Waals surface area contributed by atoms with Crippen molar-refractivity contribution in [2.24, 2.45) is 0 Å². The van der Waals surface area contributed by atoms with Gasteiger partial charge in [-0.3, -0.25) is 4.90 Å². The smallest absolute Gasteiger partial charge is 0.192 e. The predicted octanol–water partition coefficient (Wildman–Crippen LogP) is 1.74. The third-order valence-corrected chi connectivity index (χ3v) is 10.3. The quantitative estimate of drug-likeness (QED) is 0.741. The van der Waals surface area contributed by atoms with Gasteiger partial charge in [0.15, 0.2) is 18.2 Å². The molecule has 4 nitrogen and oxygen atoms in total. The molecule has 1 saturated heterocycles. The van der Waals surface area contributed by atoms with Crippen LogP contribution in [0, 0.1) is 0 Å². The number of hydrogen-bond donors (Lipinski definition) is 0. The van der Waals surface area contributed by atoms with Gasteiger partial charge in [-0.25, -0.2) is 8.42 Å². The monoisotopic (exact) mass is 293 g/mol. The van der Waals surface area contributed by atoms with E-state index in [-0.39, 0.29) is 5.04 Å². The lowest BCUT2D eigenvalue weighted by molar-refractivity contribution is 0.207. The van der Waals surface area contributed by atoms with Crippen molar-refractivity contribution in [3.8, 4) is 0 Å². The summed E-state index contributed by atoms with van der Waals surface area (Å²) in [5.41, 5.74) is 0. The summed E-state index contributed by atoms with van der Waals surface area (Å²) >= 11 is 0. The van der Waals surface area contributed by atoms with E-state index < -0.39 is 18.2 Å². The van der Waals surface area contributed by atoms with Crippen LogP contribution in [-0.4, -0.2) is 59.4 Å². The van der Waals surface area contributed by atoms with Crippen molar-refractivity contribution in [2.75, 3.05) is 37.7 Å². The molecule has 0 atom stereocenters. The van der Waals surface area contributed by atoms with E-state index in [9.17, 15) is 8.42 Å². The predicted molar refractivity (Wildman–Crippen MR) is 78.2 cm³/mol. The zero-order valence-corrected chi connectivity index (χ0v) is 14.1. The van der Waals surface area contributed by atoms with E-state index in [1.807, 2.05) is 0 Å². The molecule has 0 aliphatic carbocycles. The minimum atomic E-state index is -2.77. The van der Waals surface area contributed by atoms with E-state index in [1.54, 1.807) is 0 Å². The minimum Gasteiger partial charge on any atom is -0.416 e. The van der Waals surface area contributed by atoms with Crippen LogP contribution in [0.15, 0.2) is 0 Å². The number of sulfone groups is 1. The van der Waals surface area contributed by atoms with Gasteiger partial charge >= 0.3 is 0 Å². The highest BCUT2D eigenvalue weighted by Crippen LogP contribution is 2.36. The van der Waals surface area contributed by atoms with Crippen molar-refractivity contribution < 1.29 is 12.8 Å². The topological polar surface area (TPSA) is 46.6 Å². The fraction of sp³-hybridized carbons (Fsp3) is 1.00. The van der Waals surface area contributed by atoms with Gasteiger partial charge < -0.3 is 4.43 Å². The van der Waals surface area contributed by atoms with Crippen molar-refractivity contribution >= 4 is 18.2 Å². The van der Waals surface area contributed by atoms with Crippen molar-refractivity contribution in [2.45, 2.75) is 38.9 Å². The maximum Gasteiger partial charge on any atom is 0.192 e. The number of rotatable bonds is 4. The second-order valence-corrected chi connectivity index (χ2v) is 13.7. The first-order valence-corrected chi connectivity index (χ1v) is 11.3. The number of hydrogen-bond acceptors (Lipinski definition) is 4. The molecule has 1 rings (SSSR count). The van der Waals surface area contributed by atoms with Gasteiger partial charge in [0.1, 0.15) is 0 Å². The Labute approximate surface area is 113 Å². The molecule has 1 heterocycles. The van der Waals surface area contributed by atoms with Gasteiger partial charge in [-0.2, -0.15) is 0 Å². The summed E-state index contributed by atoms with van der Waals surface area (Å²) in [6.07, 6.45) is 0. The molecule has 0 aromatic carbocycles. The van der Waals surface area contributed by atoms with Crippen molar-refractivity contribution in [1.82, 2.24) is 4.90 Å². The van der Waals surface area contributed by atoms with Gasteiger partial charge in [-0.15, -0.1) is 0 Å². The van der Waals surface area contributed by atoms with E-state index >= 15 is 0 Å². The summed E-state index contributed by atoms with van der Waals surface area (Å²) in [5, 5.41) is 0.234. The first-order valence-electron chi connectivity index (χ1n) is 6.60. The lowest BCUT2D eigenvalue weighted by Gasteiger charge is -2.37. The van der Waals surface area contributed by atoms with Crippen LogP contribution in [-0.2, 0) is 14.3 Å². The molecule has 1 aliphatic heterocycles. The Morgan fingerprint density at radius 1 is 1.17 bits per heavy atom. The third-order valence-electron chi connectivity index (χ3n) is 4.11. The third kappa shape index (κ3) is 4.64. The zero-order valence-electron chi connectivity index (χ0n) is 12.3. The lowest BCUT2D eigenvalue weighted by atomic mass is 10.2. The number of nitrogens with zero attached hydrogens (tertiary/aromatic N) is 1. The Balaban J connectivity index is 2.31. The zero-order chi connectivity index (χ0) is 14.0.